The highest BCUT2D eigenvalue weighted by molar-refractivity contribution is 6.17. The van der Waals surface area contributed by atoms with Gasteiger partial charge in [0.1, 0.15) is 11.5 Å². The summed E-state index contributed by atoms with van der Waals surface area (Å²) in [7, 11) is -1.60. The van der Waals surface area contributed by atoms with Crippen molar-refractivity contribution in [1.82, 2.24) is 0 Å². The van der Waals surface area contributed by atoms with E-state index in [2.05, 4.69) is 4.65 Å². The Morgan fingerprint density at radius 1 is 1.60 bits per heavy atom. The molecule has 0 amide bonds. The largest absolute Gasteiger partial charge is 0.539 e. The average molecular weight is 139 g/mol. The van der Waals surface area contributed by atoms with Crippen LogP contribution in [0.15, 0.2) is 24.3 Å². The Bertz CT molecular complexity index is 241. The molecule has 1 rings (SSSR count). The standard InChI is InChI=1S/C6H7BO3/c8-5-2-1-3-6(4-5)10-7-9/h1-4,7-9H/i7D. The molecule has 0 aliphatic rings. The third-order valence-electron chi connectivity index (χ3n) is 1.01. The minimum atomic E-state index is -1.60. The fourth-order valence-corrected chi connectivity index (χ4v) is 0.618. The van der Waals surface area contributed by atoms with Gasteiger partial charge in [-0.15, -0.1) is 0 Å². The van der Waals surface area contributed by atoms with Crippen molar-refractivity contribution in [3.05, 3.63) is 24.3 Å². The van der Waals surface area contributed by atoms with Gasteiger partial charge in [-0.2, -0.15) is 0 Å². The van der Waals surface area contributed by atoms with Gasteiger partial charge in [0.15, 0.2) is 0 Å². The molecule has 1 aromatic rings. The lowest BCUT2D eigenvalue weighted by Gasteiger charge is -2.00. The first-order chi connectivity index (χ1) is 5.18. The molecule has 2 N–H and O–H groups in total. The summed E-state index contributed by atoms with van der Waals surface area (Å²) in [6.45, 7) is 0. The minimum absolute atomic E-state index is 0.0446. The second-order valence-corrected chi connectivity index (χ2v) is 1.72. The third-order valence-corrected chi connectivity index (χ3v) is 1.01. The topological polar surface area (TPSA) is 49.7 Å². The number of phenols is 1. The SMILES string of the molecule is [2H]B(O)Oc1cccc(O)c1. The van der Waals surface area contributed by atoms with Crippen molar-refractivity contribution < 1.29 is 14.8 Å². The van der Waals surface area contributed by atoms with Crippen LogP contribution in [0.1, 0.15) is 0 Å². The summed E-state index contributed by atoms with van der Waals surface area (Å²) in [5.41, 5.74) is 0. The van der Waals surface area contributed by atoms with Gasteiger partial charge in [0, 0.05) is 6.07 Å². The molecule has 0 radical (unpaired) electrons. The number of phenolic OH excluding ortho intramolecular Hbond substituents is 1. The van der Waals surface area contributed by atoms with E-state index in [1.54, 1.807) is 6.07 Å². The third kappa shape index (κ3) is 1.67. The van der Waals surface area contributed by atoms with E-state index in [1.807, 2.05) is 0 Å². The summed E-state index contributed by atoms with van der Waals surface area (Å²) < 4.78 is 11.2. The van der Waals surface area contributed by atoms with Crippen molar-refractivity contribution in [3.8, 4) is 11.5 Å². The zero-order chi connectivity index (χ0) is 8.27. The van der Waals surface area contributed by atoms with E-state index in [0.29, 0.717) is 0 Å². The number of benzene rings is 1. The molecule has 0 unspecified atom stereocenters. The Labute approximate surface area is 60.5 Å². The van der Waals surface area contributed by atoms with Crippen LogP contribution in [-0.2, 0) is 0 Å². The summed E-state index contributed by atoms with van der Waals surface area (Å²) >= 11 is 0. The molecular weight excluding hydrogens is 131 g/mol. The Morgan fingerprint density at radius 3 is 3.00 bits per heavy atom. The second-order valence-electron chi connectivity index (χ2n) is 1.72. The number of hydrogen-bond donors (Lipinski definition) is 2. The van der Waals surface area contributed by atoms with Gasteiger partial charge in [-0.3, -0.25) is 0 Å². The van der Waals surface area contributed by atoms with E-state index < -0.39 is 7.65 Å². The molecule has 0 bridgehead atoms. The van der Waals surface area contributed by atoms with Crippen LogP contribution in [0.25, 0.3) is 0 Å². The Kier molecular flexibility index (Phi) is 1.76. The molecule has 0 aliphatic carbocycles. The minimum Gasteiger partial charge on any atom is -0.539 e. The molecule has 0 saturated carbocycles. The summed E-state index contributed by atoms with van der Waals surface area (Å²) in [4.78, 5) is 0. The zero-order valence-corrected chi connectivity index (χ0v) is 5.19. The van der Waals surface area contributed by atoms with Crippen LogP contribution >= 0.6 is 0 Å². The number of aromatic hydroxyl groups is 1. The van der Waals surface area contributed by atoms with E-state index in [1.165, 1.54) is 18.2 Å². The van der Waals surface area contributed by atoms with E-state index in [9.17, 15) is 0 Å². The summed E-state index contributed by atoms with van der Waals surface area (Å²) in [5, 5.41) is 17.4. The predicted octanol–water partition coefficient (Wildman–Crippen LogP) is 0.0298. The maximum Gasteiger partial charge on any atom is 0.504 e. The number of rotatable bonds is 2. The summed E-state index contributed by atoms with van der Waals surface area (Å²) in [6, 6.07) is 5.89. The van der Waals surface area contributed by atoms with Crippen LogP contribution in [0.2, 0.25) is 0 Å². The molecule has 0 spiro atoms. The molecule has 10 heavy (non-hydrogen) atoms. The van der Waals surface area contributed by atoms with Crippen molar-refractivity contribution in [2.45, 2.75) is 0 Å². The van der Waals surface area contributed by atoms with E-state index >= 15 is 0 Å². The maximum atomic E-state index is 8.90. The monoisotopic (exact) mass is 139 g/mol. The van der Waals surface area contributed by atoms with E-state index in [0.717, 1.165) is 0 Å². The normalized spacial score (nSPS) is 10.3. The molecule has 0 heterocycles. The van der Waals surface area contributed by atoms with Crippen LogP contribution in [0.4, 0.5) is 0 Å². The molecule has 0 atom stereocenters. The van der Waals surface area contributed by atoms with Crippen molar-refractivity contribution in [2.75, 3.05) is 0 Å². The zero-order valence-electron chi connectivity index (χ0n) is 6.19. The van der Waals surface area contributed by atoms with Crippen molar-refractivity contribution in [3.63, 3.8) is 0 Å². The van der Waals surface area contributed by atoms with Crippen LogP contribution in [0.5, 0.6) is 11.5 Å². The first-order valence-electron chi connectivity index (χ1n) is 3.32. The smallest absolute Gasteiger partial charge is 0.504 e. The van der Waals surface area contributed by atoms with E-state index in [-0.39, 0.29) is 11.5 Å². The number of hydrogen-bond acceptors (Lipinski definition) is 3. The summed E-state index contributed by atoms with van der Waals surface area (Å²) in [6.07, 6.45) is 0. The van der Waals surface area contributed by atoms with E-state index in [4.69, 9.17) is 11.5 Å². The van der Waals surface area contributed by atoms with Crippen LogP contribution in [0.3, 0.4) is 0 Å². The molecule has 4 heteroatoms. The highest BCUT2D eigenvalue weighted by atomic mass is 16.5. The van der Waals surface area contributed by atoms with Crippen molar-refractivity contribution in [1.29, 1.82) is 1.34 Å². The van der Waals surface area contributed by atoms with Gasteiger partial charge < -0.3 is 14.8 Å². The first-order valence-corrected chi connectivity index (χ1v) is 2.74. The maximum absolute atomic E-state index is 8.90. The molecule has 0 aromatic heterocycles. The molecule has 1 aromatic carbocycles. The molecule has 0 saturated heterocycles. The summed E-state index contributed by atoms with van der Waals surface area (Å²) in [5.74, 6) is 0.315. The average Bonchev–Trinajstić information content (AvgIpc) is 1.85. The second kappa shape index (κ2) is 3.13. The molecular formula is C6H7BO3. The highest BCUT2D eigenvalue weighted by Gasteiger charge is 1.92. The lowest BCUT2D eigenvalue weighted by Crippen LogP contribution is -1.98. The fourth-order valence-electron chi connectivity index (χ4n) is 0.618. The molecule has 52 valence electrons. The molecule has 0 aliphatic heterocycles. The van der Waals surface area contributed by atoms with Crippen molar-refractivity contribution in [2.24, 2.45) is 0 Å². The lowest BCUT2D eigenvalue weighted by atomic mass is 10.3. The fraction of sp³-hybridized carbons (Fsp3) is 0. The Morgan fingerprint density at radius 2 is 2.40 bits per heavy atom. The quantitative estimate of drug-likeness (QED) is 0.568. The van der Waals surface area contributed by atoms with Gasteiger partial charge in [0.05, 0.1) is 1.34 Å². The van der Waals surface area contributed by atoms with Crippen LogP contribution in [0, 0.1) is 0 Å². The molecule has 3 nitrogen and oxygen atoms in total. The Balaban J connectivity index is 2.71. The van der Waals surface area contributed by atoms with Gasteiger partial charge in [-0.1, -0.05) is 6.07 Å². The van der Waals surface area contributed by atoms with Crippen molar-refractivity contribution >= 4 is 7.65 Å². The van der Waals surface area contributed by atoms with Gasteiger partial charge in [0.25, 0.3) is 0 Å². The predicted molar refractivity (Wildman–Crippen MR) is 38.1 cm³/mol. The van der Waals surface area contributed by atoms with Gasteiger partial charge >= 0.3 is 7.65 Å². The highest BCUT2D eigenvalue weighted by Crippen LogP contribution is 2.16. The Hall–Kier alpha value is -1.16. The van der Waals surface area contributed by atoms with Crippen LogP contribution < -0.4 is 4.65 Å². The first kappa shape index (κ1) is 5.62. The lowest BCUT2D eigenvalue weighted by molar-refractivity contribution is 0.444. The van der Waals surface area contributed by atoms with Gasteiger partial charge in [-0.25, -0.2) is 0 Å². The van der Waals surface area contributed by atoms with Gasteiger partial charge in [0.2, 0.25) is 0 Å². The van der Waals surface area contributed by atoms with Crippen LogP contribution in [-0.4, -0.2) is 19.1 Å². The van der Waals surface area contributed by atoms with Gasteiger partial charge in [-0.05, 0) is 12.1 Å². The molecule has 0 fully saturated rings.